The summed E-state index contributed by atoms with van der Waals surface area (Å²) in [5.41, 5.74) is -0.302. The molecular weight excluding hydrogens is 204 g/mol. The van der Waals surface area contributed by atoms with Crippen molar-refractivity contribution >= 4 is 5.97 Å². The van der Waals surface area contributed by atoms with Gasteiger partial charge in [-0.25, -0.2) is 0 Å². The number of ether oxygens (including phenoxy) is 2. The summed E-state index contributed by atoms with van der Waals surface area (Å²) in [6.07, 6.45) is 5.43. The quantitative estimate of drug-likeness (QED) is 0.364. The molecule has 0 amide bonds. The molecule has 1 heterocycles. The van der Waals surface area contributed by atoms with Gasteiger partial charge < -0.3 is 9.47 Å². The van der Waals surface area contributed by atoms with Gasteiger partial charge >= 0.3 is 5.97 Å². The van der Waals surface area contributed by atoms with Crippen molar-refractivity contribution in [2.75, 3.05) is 13.2 Å². The summed E-state index contributed by atoms with van der Waals surface area (Å²) in [5, 5.41) is 0. The highest BCUT2D eigenvalue weighted by atomic mass is 16.6. The smallest absolute Gasteiger partial charge is 0.311 e. The fourth-order valence-electron chi connectivity index (χ4n) is 1.70. The fourth-order valence-corrected chi connectivity index (χ4v) is 1.70. The predicted octanol–water partition coefficient (Wildman–Crippen LogP) is 2.93. The van der Waals surface area contributed by atoms with E-state index in [1.165, 1.54) is 12.8 Å². The van der Waals surface area contributed by atoms with Gasteiger partial charge in [-0.1, -0.05) is 33.1 Å². The zero-order valence-electron chi connectivity index (χ0n) is 10.8. The largest absolute Gasteiger partial charge is 0.462 e. The van der Waals surface area contributed by atoms with Crippen LogP contribution in [0.2, 0.25) is 0 Å². The minimum atomic E-state index is -0.302. The second-order valence-electron chi connectivity index (χ2n) is 4.93. The van der Waals surface area contributed by atoms with Gasteiger partial charge in [0.1, 0.15) is 12.7 Å². The summed E-state index contributed by atoms with van der Waals surface area (Å²) in [7, 11) is 0. The highest BCUT2D eigenvalue weighted by Crippen LogP contribution is 2.30. The molecule has 1 rings (SSSR count). The van der Waals surface area contributed by atoms with E-state index in [1.54, 1.807) is 0 Å². The maximum absolute atomic E-state index is 11.9. The second kappa shape index (κ2) is 6.24. The third kappa shape index (κ3) is 4.12. The third-order valence-electron chi connectivity index (χ3n) is 3.41. The van der Waals surface area contributed by atoms with Crippen molar-refractivity contribution in [1.29, 1.82) is 0 Å². The van der Waals surface area contributed by atoms with Gasteiger partial charge in [0.2, 0.25) is 0 Å². The van der Waals surface area contributed by atoms with Crippen LogP contribution in [-0.2, 0) is 14.3 Å². The Labute approximate surface area is 98.5 Å². The van der Waals surface area contributed by atoms with E-state index in [9.17, 15) is 4.79 Å². The van der Waals surface area contributed by atoms with Gasteiger partial charge in [0.15, 0.2) is 0 Å². The molecule has 1 saturated heterocycles. The van der Waals surface area contributed by atoms with Crippen LogP contribution in [0.25, 0.3) is 0 Å². The predicted molar refractivity (Wildman–Crippen MR) is 63.2 cm³/mol. The second-order valence-corrected chi connectivity index (χ2v) is 4.93. The molecule has 0 bridgehead atoms. The first-order valence-corrected chi connectivity index (χ1v) is 6.41. The molecule has 0 saturated carbocycles. The number of esters is 1. The molecule has 1 fully saturated rings. The lowest BCUT2D eigenvalue weighted by molar-refractivity contribution is -0.156. The molecule has 3 nitrogen and oxygen atoms in total. The Morgan fingerprint density at radius 3 is 2.62 bits per heavy atom. The zero-order valence-corrected chi connectivity index (χ0v) is 10.8. The van der Waals surface area contributed by atoms with E-state index in [1.807, 2.05) is 6.92 Å². The Hall–Kier alpha value is -0.570. The summed E-state index contributed by atoms with van der Waals surface area (Å²) in [6.45, 7) is 7.42. The number of carbonyl (C=O) groups is 1. The molecule has 0 spiro atoms. The molecule has 1 aliphatic heterocycles. The summed E-state index contributed by atoms with van der Waals surface area (Å²) < 4.78 is 10.3. The monoisotopic (exact) mass is 228 g/mol. The van der Waals surface area contributed by atoms with Gasteiger partial charge in [0.05, 0.1) is 12.0 Å². The highest BCUT2D eigenvalue weighted by Gasteiger charge is 2.34. The third-order valence-corrected chi connectivity index (χ3v) is 3.41. The van der Waals surface area contributed by atoms with Crippen LogP contribution in [0.3, 0.4) is 0 Å². The Morgan fingerprint density at radius 1 is 1.44 bits per heavy atom. The molecule has 0 aliphatic carbocycles. The lowest BCUT2D eigenvalue weighted by Crippen LogP contribution is -2.30. The summed E-state index contributed by atoms with van der Waals surface area (Å²) in [5.74, 6) is -0.0541. The standard InChI is InChI=1S/C13H24O3/c1-4-6-7-8-13(3,5-2)12(14)16-10-11-9-15-11/h11H,4-10H2,1-3H3. The first-order chi connectivity index (χ1) is 7.62. The summed E-state index contributed by atoms with van der Waals surface area (Å²) in [6, 6.07) is 0. The van der Waals surface area contributed by atoms with E-state index in [0.717, 1.165) is 25.9 Å². The average Bonchev–Trinajstić information content (AvgIpc) is 3.09. The van der Waals surface area contributed by atoms with Crippen molar-refractivity contribution in [2.45, 2.75) is 59.0 Å². The van der Waals surface area contributed by atoms with Gasteiger partial charge in [0, 0.05) is 0 Å². The van der Waals surface area contributed by atoms with Crippen LogP contribution in [-0.4, -0.2) is 25.3 Å². The molecule has 2 unspecified atom stereocenters. The first-order valence-electron chi connectivity index (χ1n) is 6.41. The van der Waals surface area contributed by atoms with E-state index in [0.29, 0.717) is 6.61 Å². The van der Waals surface area contributed by atoms with Crippen molar-refractivity contribution in [2.24, 2.45) is 5.41 Å². The maximum Gasteiger partial charge on any atom is 0.311 e. The molecule has 0 radical (unpaired) electrons. The number of rotatable bonds is 8. The minimum absolute atomic E-state index is 0.0541. The normalized spacial score (nSPS) is 22.6. The van der Waals surface area contributed by atoms with Crippen LogP contribution in [0, 0.1) is 5.41 Å². The molecule has 0 aromatic heterocycles. The molecule has 16 heavy (non-hydrogen) atoms. The molecular formula is C13H24O3. The number of epoxide rings is 1. The van der Waals surface area contributed by atoms with E-state index in [-0.39, 0.29) is 17.5 Å². The van der Waals surface area contributed by atoms with Crippen LogP contribution < -0.4 is 0 Å². The zero-order chi connectivity index (χ0) is 12.0. The van der Waals surface area contributed by atoms with E-state index < -0.39 is 0 Å². The Bertz CT molecular complexity index is 223. The van der Waals surface area contributed by atoms with E-state index in [4.69, 9.17) is 9.47 Å². The van der Waals surface area contributed by atoms with E-state index in [2.05, 4.69) is 13.8 Å². The Kier molecular flexibility index (Phi) is 5.26. The lowest BCUT2D eigenvalue weighted by Gasteiger charge is -2.25. The van der Waals surface area contributed by atoms with Crippen molar-refractivity contribution in [1.82, 2.24) is 0 Å². The molecule has 0 aromatic carbocycles. The topological polar surface area (TPSA) is 38.8 Å². The summed E-state index contributed by atoms with van der Waals surface area (Å²) in [4.78, 5) is 11.9. The average molecular weight is 228 g/mol. The van der Waals surface area contributed by atoms with Crippen molar-refractivity contribution in [3.8, 4) is 0 Å². The highest BCUT2D eigenvalue weighted by molar-refractivity contribution is 5.76. The Morgan fingerprint density at radius 2 is 2.12 bits per heavy atom. The first kappa shape index (κ1) is 13.5. The lowest BCUT2D eigenvalue weighted by atomic mass is 9.82. The molecule has 94 valence electrons. The molecule has 3 heteroatoms. The van der Waals surface area contributed by atoms with Gasteiger partial charge in [-0.05, 0) is 19.8 Å². The Balaban J connectivity index is 2.31. The number of unbranched alkanes of at least 4 members (excludes halogenated alkanes) is 2. The van der Waals surface area contributed by atoms with Gasteiger partial charge in [-0.2, -0.15) is 0 Å². The van der Waals surface area contributed by atoms with Crippen LogP contribution in [0.4, 0.5) is 0 Å². The van der Waals surface area contributed by atoms with Crippen LogP contribution in [0.1, 0.15) is 52.9 Å². The molecule has 0 N–H and O–H groups in total. The SMILES string of the molecule is CCCCCC(C)(CC)C(=O)OCC1CO1. The van der Waals surface area contributed by atoms with Gasteiger partial charge in [0.25, 0.3) is 0 Å². The van der Waals surface area contributed by atoms with E-state index >= 15 is 0 Å². The molecule has 1 aliphatic rings. The maximum atomic E-state index is 11.9. The number of carbonyl (C=O) groups excluding carboxylic acids is 1. The van der Waals surface area contributed by atoms with Gasteiger partial charge in [-0.3, -0.25) is 4.79 Å². The van der Waals surface area contributed by atoms with Crippen LogP contribution in [0.5, 0.6) is 0 Å². The van der Waals surface area contributed by atoms with Crippen molar-refractivity contribution in [3.05, 3.63) is 0 Å². The number of hydrogen-bond acceptors (Lipinski definition) is 3. The van der Waals surface area contributed by atoms with Crippen LogP contribution in [0.15, 0.2) is 0 Å². The van der Waals surface area contributed by atoms with Crippen molar-refractivity contribution in [3.63, 3.8) is 0 Å². The van der Waals surface area contributed by atoms with Crippen molar-refractivity contribution < 1.29 is 14.3 Å². The minimum Gasteiger partial charge on any atom is -0.462 e. The molecule has 2 atom stereocenters. The number of hydrogen-bond donors (Lipinski definition) is 0. The van der Waals surface area contributed by atoms with Gasteiger partial charge in [-0.15, -0.1) is 0 Å². The molecule has 0 aromatic rings. The van der Waals surface area contributed by atoms with Crippen LogP contribution >= 0.6 is 0 Å². The fraction of sp³-hybridized carbons (Fsp3) is 0.923. The summed E-state index contributed by atoms with van der Waals surface area (Å²) >= 11 is 0.